The van der Waals surface area contributed by atoms with E-state index >= 15 is 0 Å². The van der Waals surface area contributed by atoms with Gasteiger partial charge in [-0.05, 0) is 38.3 Å². The molecule has 0 fully saturated rings. The van der Waals surface area contributed by atoms with Gasteiger partial charge in [0.15, 0.2) is 5.82 Å². The molecule has 1 aromatic carbocycles. The number of nitrogens with zero attached hydrogens (tertiary/aromatic N) is 4. The second-order valence-electron chi connectivity index (χ2n) is 8.29. The molecule has 0 radical (unpaired) electrons. The number of anilines is 3. The molecule has 142 valence electrons. The lowest BCUT2D eigenvalue weighted by atomic mass is 9.54. The molecule has 0 bridgehead atoms. The number of hydrogen-bond donors (Lipinski definition) is 0. The standard InChI is InChI=1S/C23H30N4/c1-7-22(6)21-26(16(4)5)19-14-24-15-25-20(19)27(21)18-13-11-10-12-17(18)23(22,8-2)9-3/h8,10-16,21H,2,7,9H2,1,3-6H3. The maximum atomic E-state index is 4.72. The summed E-state index contributed by atoms with van der Waals surface area (Å²) in [6, 6.07) is 9.15. The Kier molecular flexibility index (Phi) is 4.06. The van der Waals surface area contributed by atoms with Crippen LogP contribution in [0.15, 0.2) is 49.4 Å². The minimum Gasteiger partial charge on any atom is -0.344 e. The predicted octanol–water partition coefficient (Wildman–Crippen LogP) is 5.43. The number of allylic oxidation sites excluding steroid dienone is 1. The Morgan fingerprint density at radius 2 is 1.93 bits per heavy atom. The lowest BCUT2D eigenvalue weighted by Crippen LogP contribution is -2.64. The van der Waals surface area contributed by atoms with E-state index in [-0.39, 0.29) is 17.0 Å². The molecule has 4 heteroatoms. The van der Waals surface area contributed by atoms with Gasteiger partial charge in [0.25, 0.3) is 0 Å². The summed E-state index contributed by atoms with van der Waals surface area (Å²) in [5, 5.41) is 0. The lowest BCUT2D eigenvalue weighted by Gasteiger charge is -2.59. The van der Waals surface area contributed by atoms with Crippen molar-refractivity contribution in [2.75, 3.05) is 9.80 Å². The minimum atomic E-state index is -0.0951. The molecule has 1 aromatic heterocycles. The summed E-state index contributed by atoms with van der Waals surface area (Å²) in [7, 11) is 0. The summed E-state index contributed by atoms with van der Waals surface area (Å²) in [5.41, 5.74) is 3.62. The molecule has 3 unspecified atom stereocenters. The molecule has 0 amide bonds. The molecule has 2 aromatic rings. The van der Waals surface area contributed by atoms with Crippen molar-refractivity contribution in [2.24, 2.45) is 5.41 Å². The molecular weight excluding hydrogens is 332 g/mol. The van der Waals surface area contributed by atoms with E-state index in [1.165, 1.54) is 11.3 Å². The van der Waals surface area contributed by atoms with Crippen LogP contribution < -0.4 is 9.80 Å². The normalized spacial score (nSPS) is 28.7. The number of hydrogen-bond acceptors (Lipinski definition) is 4. The maximum Gasteiger partial charge on any atom is 0.161 e. The zero-order valence-electron chi connectivity index (χ0n) is 17.1. The maximum absolute atomic E-state index is 4.72. The van der Waals surface area contributed by atoms with Gasteiger partial charge in [-0.3, -0.25) is 0 Å². The topological polar surface area (TPSA) is 32.3 Å². The van der Waals surface area contributed by atoms with Crippen molar-refractivity contribution in [1.29, 1.82) is 0 Å². The molecule has 27 heavy (non-hydrogen) atoms. The first kappa shape index (κ1) is 18.0. The van der Waals surface area contributed by atoms with Crippen LogP contribution in [0, 0.1) is 5.41 Å². The van der Waals surface area contributed by atoms with Crippen molar-refractivity contribution >= 4 is 17.2 Å². The first-order valence-corrected chi connectivity index (χ1v) is 10.1. The van der Waals surface area contributed by atoms with Crippen molar-refractivity contribution in [2.45, 2.75) is 65.1 Å². The average Bonchev–Trinajstić information content (AvgIpc) is 3.05. The highest BCUT2D eigenvalue weighted by Crippen LogP contribution is 2.63. The number of aromatic nitrogens is 2. The predicted molar refractivity (Wildman–Crippen MR) is 113 cm³/mol. The third-order valence-electron chi connectivity index (χ3n) is 7.12. The van der Waals surface area contributed by atoms with Gasteiger partial charge < -0.3 is 9.80 Å². The molecular formula is C23H30N4. The summed E-state index contributed by atoms with van der Waals surface area (Å²) in [5.74, 6) is 1.02. The average molecular weight is 363 g/mol. The fraction of sp³-hybridized carbons (Fsp3) is 0.478. The Hall–Kier alpha value is -2.36. The largest absolute Gasteiger partial charge is 0.344 e. The molecule has 0 spiro atoms. The van der Waals surface area contributed by atoms with Gasteiger partial charge in [-0.1, -0.05) is 45.0 Å². The van der Waals surface area contributed by atoms with Crippen LogP contribution in [-0.2, 0) is 5.41 Å². The molecule has 3 atom stereocenters. The highest BCUT2D eigenvalue weighted by atomic mass is 15.5. The van der Waals surface area contributed by atoms with Gasteiger partial charge in [0.1, 0.15) is 18.2 Å². The van der Waals surface area contributed by atoms with E-state index in [4.69, 9.17) is 4.98 Å². The second kappa shape index (κ2) is 6.08. The van der Waals surface area contributed by atoms with Gasteiger partial charge in [0, 0.05) is 22.6 Å². The summed E-state index contributed by atoms with van der Waals surface area (Å²) >= 11 is 0. The molecule has 3 heterocycles. The van der Waals surface area contributed by atoms with Crippen molar-refractivity contribution in [1.82, 2.24) is 9.97 Å². The van der Waals surface area contributed by atoms with Gasteiger partial charge in [0.2, 0.25) is 0 Å². The second-order valence-corrected chi connectivity index (χ2v) is 8.29. The first-order chi connectivity index (χ1) is 13.0. The van der Waals surface area contributed by atoms with E-state index in [1.54, 1.807) is 6.33 Å². The van der Waals surface area contributed by atoms with Crippen LogP contribution in [0.3, 0.4) is 0 Å². The van der Waals surface area contributed by atoms with Gasteiger partial charge in [0.05, 0.1) is 6.20 Å². The molecule has 0 aliphatic carbocycles. The van der Waals surface area contributed by atoms with Crippen LogP contribution >= 0.6 is 0 Å². The van der Waals surface area contributed by atoms with Crippen LogP contribution in [0.2, 0.25) is 0 Å². The lowest BCUT2D eigenvalue weighted by molar-refractivity contribution is 0.112. The van der Waals surface area contributed by atoms with E-state index in [1.807, 2.05) is 6.20 Å². The molecule has 0 saturated carbocycles. The summed E-state index contributed by atoms with van der Waals surface area (Å²) in [4.78, 5) is 14.0. The molecule has 4 rings (SSSR count). The summed E-state index contributed by atoms with van der Waals surface area (Å²) < 4.78 is 0. The van der Waals surface area contributed by atoms with Crippen LogP contribution in [0.25, 0.3) is 0 Å². The van der Waals surface area contributed by atoms with Gasteiger partial charge in [-0.15, -0.1) is 6.58 Å². The highest BCUT2D eigenvalue weighted by molar-refractivity contribution is 5.84. The van der Waals surface area contributed by atoms with Gasteiger partial charge in [-0.2, -0.15) is 0 Å². The quantitative estimate of drug-likeness (QED) is 0.679. The van der Waals surface area contributed by atoms with Gasteiger partial charge in [-0.25, -0.2) is 9.97 Å². The number of para-hydroxylation sites is 1. The van der Waals surface area contributed by atoms with E-state index < -0.39 is 0 Å². The summed E-state index contributed by atoms with van der Waals surface area (Å²) in [6.07, 6.45) is 8.10. The molecule has 0 saturated heterocycles. The fourth-order valence-corrected chi connectivity index (χ4v) is 5.63. The molecule has 4 nitrogen and oxygen atoms in total. The fourth-order valence-electron chi connectivity index (χ4n) is 5.63. The first-order valence-electron chi connectivity index (χ1n) is 10.1. The SMILES string of the molecule is C=CC1(CC)c2ccccc2N2c3ncncc3N(C(C)C)C2C1(C)CC. The zero-order valence-corrected chi connectivity index (χ0v) is 17.1. The van der Waals surface area contributed by atoms with Crippen LogP contribution in [0.5, 0.6) is 0 Å². The Balaban J connectivity index is 2.11. The van der Waals surface area contributed by atoms with E-state index in [0.717, 1.165) is 24.3 Å². The Labute approximate surface area is 162 Å². The zero-order chi connectivity index (χ0) is 19.4. The van der Waals surface area contributed by atoms with Crippen LogP contribution in [0.1, 0.15) is 53.0 Å². The minimum absolute atomic E-state index is 0.0250. The third-order valence-corrected chi connectivity index (χ3v) is 7.12. The van der Waals surface area contributed by atoms with Gasteiger partial charge >= 0.3 is 0 Å². The number of fused-ring (bicyclic) bond motifs is 5. The number of benzene rings is 1. The highest BCUT2D eigenvalue weighted by Gasteiger charge is 2.61. The summed E-state index contributed by atoms with van der Waals surface area (Å²) in [6.45, 7) is 15.9. The molecule has 0 N–H and O–H groups in total. The molecule has 2 aliphatic heterocycles. The Morgan fingerprint density at radius 3 is 2.56 bits per heavy atom. The van der Waals surface area contributed by atoms with E-state index in [2.05, 4.69) is 86.3 Å². The van der Waals surface area contributed by atoms with Crippen molar-refractivity contribution in [3.63, 3.8) is 0 Å². The van der Waals surface area contributed by atoms with Crippen LogP contribution in [0.4, 0.5) is 17.2 Å². The van der Waals surface area contributed by atoms with Crippen molar-refractivity contribution < 1.29 is 0 Å². The smallest absolute Gasteiger partial charge is 0.161 e. The third kappa shape index (κ3) is 2.04. The van der Waals surface area contributed by atoms with Crippen LogP contribution in [-0.4, -0.2) is 22.2 Å². The van der Waals surface area contributed by atoms with Crippen molar-refractivity contribution in [3.8, 4) is 0 Å². The van der Waals surface area contributed by atoms with E-state index in [9.17, 15) is 0 Å². The monoisotopic (exact) mass is 362 g/mol. The molecule has 2 aliphatic rings. The Morgan fingerprint density at radius 1 is 1.19 bits per heavy atom. The Bertz CT molecular complexity index is 876. The number of rotatable bonds is 4. The van der Waals surface area contributed by atoms with Crippen molar-refractivity contribution in [3.05, 3.63) is 55.0 Å². The van der Waals surface area contributed by atoms with E-state index in [0.29, 0.717) is 6.04 Å².